The average Bonchev–Trinajstić information content (AvgIpc) is 2.41. The largest absolute Gasteiger partial charge is 0.473 e. The molecule has 0 bridgehead atoms. The standard InChI is InChI=1S/C15H20N4O/c1-10(2)20-15-13(16)14(18-9-19-15)17-8-12-7-5-4-6-11(12)3/h4-7,9-10H,8,16H2,1-3H3,(H,17,18,19). The van der Waals surface area contributed by atoms with Crippen molar-refractivity contribution in [1.29, 1.82) is 0 Å². The summed E-state index contributed by atoms with van der Waals surface area (Å²) in [7, 11) is 0. The first-order valence-corrected chi connectivity index (χ1v) is 6.63. The number of ether oxygens (including phenoxy) is 1. The van der Waals surface area contributed by atoms with Crippen LogP contribution in [-0.2, 0) is 6.54 Å². The molecule has 1 aromatic heterocycles. The van der Waals surface area contributed by atoms with Gasteiger partial charge in [0.2, 0.25) is 5.88 Å². The first-order chi connectivity index (χ1) is 9.58. The van der Waals surface area contributed by atoms with Gasteiger partial charge in [0.1, 0.15) is 12.0 Å². The highest BCUT2D eigenvalue weighted by atomic mass is 16.5. The Kier molecular flexibility index (Phi) is 4.40. The fourth-order valence-electron chi connectivity index (χ4n) is 1.82. The van der Waals surface area contributed by atoms with Gasteiger partial charge in [0.05, 0.1) is 6.10 Å². The number of benzene rings is 1. The van der Waals surface area contributed by atoms with E-state index in [9.17, 15) is 0 Å². The number of nitrogens with zero attached hydrogens (tertiary/aromatic N) is 2. The molecule has 1 aromatic carbocycles. The Labute approximate surface area is 119 Å². The van der Waals surface area contributed by atoms with Gasteiger partial charge in [-0.2, -0.15) is 4.98 Å². The van der Waals surface area contributed by atoms with E-state index in [1.807, 2.05) is 26.0 Å². The fourth-order valence-corrected chi connectivity index (χ4v) is 1.82. The molecule has 0 radical (unpaired) electrons. The lowest BCUT2D eigenvalue weighted by atomic mass is 10.1. The van der Waals surface area contributed by atoms with Crippen molar-refractivity contribution in [3.8, 4) is 5.88 Å². The Hall–Kier alpha value is -2.30. The quantitative estimate of drug-likeness (QED) is 0.875. The maximum atomic E-state index is 6.02. The van der Waals surface area contributed by atoms with Crippen LogP contribution in [0.2, 0.25) is 0 Å². The highest BCUT2D eigenvalue weighted by molar-refractivity contribution is 5.66. The highest BCUT2D eigenvalue weighted by Crippen LogP contribution is 2.25. The Bertz CT molecular complexity index is 584. The van der Waals surface area contributed by atoms with E-state index in [1.165, 1.54) is 17.5 Å². The molecule has 0 saturated heterocycles. The van der Waals surface area contributed by atoms with Crippen LogP contribution in [0.15, 0.2) is 30.6 Å². The lowest BCUT2D eigenvalue weighted by Gasteiger charge is -2.14. The van der Waals surface area contributed by atoms with Crippen LogP contribution < -0.4 is 15.8 Å². The molecule has 0 atom stereocenters. The zero-order chi connectivity index (χ0) is 14.5. The van der Waals surface area contributed by atoms with Gasteiger partial charge in [0, 0.05) is 6.54 Å². The SMILES string of the molecule is Cc1ccccc1CNc1ncnc(OC(C)C)c1N. The second-order valence-electron chi connectivity index (χ2n) is 4.89. The Morgan fingerprint density at radius 3 is 2.70 bits per heavy atom. The Morgan fingerprint density at radius 1 is 1.25 bits per heavy atom. The molecule has 5 nitrogen and oxygen atoms in total. The van der Waals surface area contributed by atoms with Crippen LogP contribution in [-0.4, -0.2) is 16.1 Å². The normalized spacial score (nSPS) is 10.6. The topological polar surface area (TPSA) is 73.1 Å². The van der Waals surface area contributed by atoms with E-state index in [0.29, 0.717) is 23.9 Å². The lowest BCUT2D eigenvalue weighted by molar-refractivity contribution is 0.234. The maximum Gasteiger partial charge on any atom is 0.242 e. The summed E-state index contributed by atoms with van der Waals surface area (Å²) in [6.45, 7) is 6.60. The minimum atomic E-state index is 0.0245. The number of hydrogen-bond acceptors (Lipinski definition) is 5. The van der Waals surface area contributed by atoms with Crippen molar-refractivity contribution in [2.75, 3.05) is 11.1 Å². The molecule has 106 valence electrons. The molecular weight excluding hydrogens is 252 g/mol. The summed E-state index contributed by atoms with van der Waals surface area (Å²) < 4.78 is 5.55. The number of rotatable bonds is 5. The predicted octanol–water partition coefficient (Wildman–Crippen LogP) is 2.77. The molecule has 0 saturated carbocycles. The van der Waals surface area contributed by atoms with Gasteiger partial charge in [-0.25, -0.2) is 4.98 Å². The Balaban J connectivity index is 2.12. The van der Waals surface area contributed by atoms with Crippen molar-refractivity contribution in [3.63, 3.8) is 0 Å². The van der Waals surface area contributed by atoms with Gasteiger partial charge < -0.3 is 15.8 Å². The van der Waals surface area contributed by atoms with Crippen LogP contribution >= 0.6 is 0 Å². The van der Waals surface area contributed by atoms with Crippen molar-refractivity contribution in [2.24, 2.45) is 0 Å². The molecule has 2 rings (SSSR count). The number of hydrogen-bond donors (Lipinski definition) is 2. The van der Waals surface area contributed by atoms with E-state index in [0.717, 1.165) is 0 Å². The van der Waals surface area contributed by atoms with Crippen molar-refractivity contribution >= 4 is 11.5 Å². The number of aryl methyl sites for hydroxylation is 1. The molecule has 5 heteroatoms. The van der Waals surface area contributed by atoms with Gasteiger partial charge in [0.25, 0.3) is 0 Å². The molecule has 2 aromatic rings. The minimum absolute atomic E-state index is 0.0245. The molecule has 0 fully saturated rings. The summed E-state index contributed by atoms with van der Waals surface area (Å²) in [6.07, 6.45) is 1.48. The first-order valence-electron chi connectivity index (χ1n) is 6.63. The third-order valence-corrected chi connectivity index (χ3v) is 2.90. The third kappa shape index (κ3) is 3.38. The van der Waals surface area contributed by atoms with Crippen molar-refractivity contribution in [3.05, 3.63) is 41.7 Å². The van der Waals surface area contributed by atoms with Crippen molar-refractivity contribution in [1.82, 2.24) is 9.97 Å². The van der Waals surface area contributed by atoms with Crippen molar-refractivity contribution < 1.29 is 4.74 Å². The second kappa shape index (κ2) is 6.23. The van der Waals surface area contributed by atoms with Gasteiger partial charge >= 0.3 is 0 Å². The molecule has 1 heterocycles. The average molecular weight is 272 g/mol. The fraction of sp³-hybridized carbons (Fsp3) is 0.333. The van der Waals surface area contributed by atoms with Gasteiger partial charge in [0.15, 0.2) is 5.82 Å². The number of anilines is 2. The molecule has 0 spiro atoms. The van der Waals surface area contributed by atoms with Crippen LogP contribution in [0, 0.1) is 6.92 Å². The molecule has 20 heavy (non-hydrogen) atoms. The van der Waals surface area contributed by atoms with E-state index in [-0.39, 0.29) is 6.10 Å². The van der Waals surface area contributed by atoms with Crippen LogP contribution in [0.1, 0.15) is 25.0 Å². The number of nitrogens with one attached hydrogen (secondary N) is 1. The molecule has 0 aliphatic heterocycles. The number of aromatic nitrogens is 2. The van der Waals surface area contributed by atoms with Gasteiger partial charge in [-0.15, -0.1) is 0 Å². The van der Waals surface area contributed by atoms with Crippen LogP contribution in [0.5, 0.6) is 5.88 Å². The van der Waals surface area contributed by atoms with E-state index in [1.54, 1.807) is 0 Å². The summed E-state index contributed by atoms with van der Waals surface area (Å²) in [4.78, 5) is 8.22. The van der Waals surface area contributed by atoms with Gasteiger partial charge in [-0.1, -0.05) is 24.3 Å². The Morgan fingerprint density at radius 2 is 2.00 bits per heavy atom. The summed E-state index contributed by atoms with van der Waals surface area (Å²) >= 11 is 0. The molecule has 0 amide bonds. The first kappa shape index (κ1) is 14.1. The van der Waals surface area contributed by atoms with E-state index in [4.69, 9.17) is 10.5 Å². The third-order valence-electron chi connectivity index (χ3n) is 2.90. The number of nitrogens with two attached hydrogens (primary N) is 1. The zero-order valence-corrected chi connectivity index (χ0v) is 12.1. The molecule has 3 N–H and O–H groups in total. The predicted molar refractivity (Wildman–Crippen MR) is 80.7 cm³/mol. The van der Waals surface area contributed by atoms with Crippen LogP contribution in [0.4, 0.5) is 11.5 Å². The number of nitrogen functional groups attached to an aromatic ring is 1. The summed E-state index contributed by atoms with van der Waals surface area (Å²) in [5.74, 6) is 1.01. The zero-order valence-electron chi connectivity index (χ0n) is 12.1. The second-order valence-corrected chi connectivity index (χ2v) is 4.89. The molecular formula is C15H20N4O. The summed E-state index contributed by atoms with van der Waals surface area (Å²) in [5, 5.41) is 3.23. The molecule has 0 aliphatic carbocycles. The van der Waals surface area contributed by atoms with E-state index < -0.39 is 0 Å². The smallest absolute Gasteiger partial charge is 0.242 e. The van der Waals surface area contributed by atoms with E-state index in [2.05, 4.69) is 34.3 Å². The van der Waals surface area contributed by atoms with E-state index >= 15 is 0 Å². The highest BCUT2D eigenvalue weighted by Gasteiger charge is 2.10. The monoisotopic (exact) mass is 272 g/mol. The van der Waals surface area contributed by atoms with Crippen molar-refractivity contribution in [2.45, 2.75) is 33.4 Å². The maximum absolute atomic E-state index is 6.02. The molecule has 0 unspecified atom stereocenters. The minimum Gasteiger partial charge on any atom is -0.473 e. The van der Waals surface area contributed by atoms with Crippen LogP contribution in [0.3, 0.4) is 0 Å². The van der Waals surface area contributed by atoms with Gasteiger partial charge in [-0.3, -0.25) is 0 Å². The summed E-state index contributed by atoms with van der Waals surface area (Å²) in [6, 6.07) is 8.19. The van der Waals surface area contributed by atoms with Crippen LogP contribution in [0.25, 0.3) is 0 Å². The summed E-state index contributed by atoms with van der Waals surface area (Å²) in [5.41, 5.74) is 8.89. The van der Waals surface area contributed by atoms with Gasteiger partial charge in [-0.05, 0) is 31.9 Å². The molecule has 0 aliphatic rings. The lowest BCUT2D eigenvalue weighted by Crippen LogP contribution is -2.12.